The molecule has 0 atom stereocenters. The monoisotopic (exact) mass is 280 g/mol. The lowest BCUT2D eigenvalue weighted by molar-refractivity contribution is 0.303. The maximum absolute atomic E-state index is 5.78. The first-order chi connectivity index (χ1) is 7.79. The first-order valence-electron chi connectivity index (χ1n) is 5.79. The Morgan fingerprint density at radius 1 is 1.50 bits per heavy atom. The van der Waals surface area contributed by atoms with E-state index in [1.54, 1.807) is 0 Å². The maximum atomic E-state index is 5.78. The SMILES string of the molecule is C/C(=C/CCBr)c1cccc(OC2CC2)c1. The van der Waals surface area contributed by atoms with Gasteiger partial charge >= 0.3 is 0 Å². The summed E-state index contributed by atoms with van der Waals surface area (Å²) in [7, 11) is 0. The zero-order chi connectivity index (χ0) is 11.4. The number of benzene rings is 1. The summed E-state index contributed by atoms with van der Waals surface area (Å²) in [6, 6.07) is 8.39. The van der Waals surface area contributed by atoms with Gasteiger partial charge in [0.25, 0.3) is 0 Å². The van der Waals surface area contributed by atoms with E-state index < -0.39 is 0 Å². The summed E-state index contributed by atoms with van der Waals surface area (Å²) in [6.45, 7) is 2.15. The van der Waals surface area contributed by atoms with Crippen LogP contribution >= 0.6 is 15.9 Å². The number of alkyl halides is 1. The predicted molar refractivity (Wildman–Crippen MR) is 72.2 cm³/mol. The molecular formula is C14H17BrO. The van der Waals surface area contributed by atoms with Crippen molar-refractivity contribution in [2.75, 3.05) is 5.33 Å². The molecule has 1 aliphatic carbocycles. The van der Waals surface area contributed by atoms with Crippen LogP contribution in [-0.4, -0.2) is 11.4 Å². The average Bonchev–Trinajstić information content (AvgIpc) is 3.10. The summed E-state index contributed by atoms with van der Waals surface area (Å²) in [5.74, 6) is 1.01. The fourth-order valence-electron chi connectivity index (χ4n) is 1.58. The number of allylic oxidation sites excluding steroid dienone is 2. The second-order valence-corrected chi connectivity index (χ2v) is 5.00. The molecule has 1 fully saturated rings. The van der Waals surface area contributed by atoms with Crippen LogP contribution in [0.2, 0.25) is 0 Å². The minimum atomic E-state index is 0.474. The van der Waals surface area contributed by atoms with Crippen molar-refractivity contribution in [3.63, 3.8) is 0 Å². The second kappa shape index (κ2) is 5.53. The highest BCUT2D eigenvalue weighted by molar-refractivity contribution is 9.09. The summed E-state index contributed by atoms with van der Waals surface area (Å²) in [4.78, 5) is 0. The Morgan fingerprint density at radius 3 is 3.00 bits per heavy atom. The van der Waals surface area contributed by atoms with Gasteiger partial charge in [0.15, 0.2) is 0 Å². The molecule has 0 saturated heterocycles. The van der Waals surface area contributed by atoms with Gasteiger partial charge in [-0.15, -0.1) is 0 Å². The van der Waals surface area contributed by atoms with Gasteiger partial charge in [-0.05, 0) is 49.5 Å². The largest absolute Gasteiger partial charge is 0.490 e. The Labute approximate surface area is 106 Å². The van der Waals surface area contributed by atoms with Crippen LogP contribution < -0.4 is 4.74 Å². The number of rotatable bonds is 5. The molecule has 1 nitrogen and oxygen atoms in total. The zero-order valence-electron chi connectivity index (χ0n) is 9.58. The normalized spacial score (nSPS) is 16.2. The molecule has 1 aliphatic rings. The van der Waals surface area contributed by atoms with Gasteiger partial charge in [0, 0.05) is 5.33 Å². The van der Waals surface area contributed by atoms with Crippen molar-refractivity contribution < 1.29 is 4.74 Å². The van der Waals surface area contributed by atoms with Crippen molar-refractivity contribution in [2.45, 2.75) is 32.3 Å². The smallest absolute Gasteiger partial charge is 0.120 e. The van der Waals surface area contributed by atoms with E-state index in [0.29, 0.717) is 6.10 Å². The Morgan fingerprint density at radius 2 is 2.31 bits per heavy atom. The molecule has 0 amide bonds. The van der Waals surface area contributed by atoms with Crippen LogP contribution in [-0.2, 0) is 0 Å². The standard InChI is InChI=1S/C14H17BrO/c1-11(4-3-9-15)12-5-2-6-14(10-12)16-13-7-8-13/h2,4-6,10,13H,3,7-9H2,1H3/b11-4-. The average molecular weight is 281 g/mol. The lowest BCUT2D eigenvalue weighted by atomic mass is 10.1. The molecular weight excluding hydrogens is 264 g/mol. The summed E-state index contributed by atoms with van der Waals surface area (Å²) < 4.78 is 5.78. The zero-order valence-corrected chi connectivity index (χ0v) is 11.2. The van der Waals surface area contributed by atoms with E-state index >= 15 is 0 Å². The van der Waals surface area contributed by atoms with Gasteiger partial charge in [0.05, 0.1) is 6.10 Å². The van der Waals surface area contributed by atoms with Crippen LogP contribution in [0.15, 0.2) is 30.3 Å². The molecule has 0 spiro atoms. The summed E-state index contributed by atoms with van der Waals surface area (Å²) in [5, 5.41) is 1.02. The number of hydrogen-bond acceptors (Lipinski definition) is 1. The van der Waals surface area contributed by atoms with E-state index in [1.807, 2.05) is 6.07 Å². The van der Waals surface area contributed by atoms with E-state index in [1.165, 1.54) is 24.0 Å². The molecule has 1 aromatic carbocycles. The van der Waals surface area contributed by atoms with Crippen LogP contribution in [0.4, 0.5) is 0 Å². The van der Waals surface area contributed by atoms with Gasteiger partial charge in [-0.1, -0.05) is 34.1 Å². The van der Waals surface area contributed by atoms with Crippen molar-refractivity contribution in [2.24, 2.45) is 0 Å². The fourth-order valence-corrected chi connectivity index (χ4v) is 1.81. The molecule has 2 rings (SSSR count). The van der Waals surface area contributed by atoms with Gasteiger partial charge in [-0.25, -0.2) is 0 Å². The van der Waals surface area contributed by atoms with Crippen molar-refractivity contribution >= 4 is 21.5 Å². The Kier molecular flexibility index (Phi) is 4.05. The van der Waals surface area contributed by atoms with Gasteiger partial charge in [0.2, 0.25) is 0 Å². The molecule has 0 unspecified atom stereocenters. The summed E-state index contributed by atoms with van der Waals surface area (Å²) in [6.07, 6.45) is 6.22. The van der Waals surface area contributed by atoms with Crippen LogP contribution in [0.3, 0.4) is 0 Å². The highest BCUT2D eigenvalue weighted by Gasteiger charge is 2.23. The predicted octanol–water partition coefficient (Wildman–Crippen LogP) is 4.42. The summed E-state index contributed by atoms with van der Waals surface area (Å²) >= 11 is 3.44. The Bertz CT molecular complexity index is 380. The first-order valence-corrected chi connectivity index (χ1v) is 6.91. The molecule has 0 aliphatic heterocycles. The minimum absolute atomic E-state index is 0.474. The molecule has 0 bridgehead atoms. The third-order valence-corrected chi connectivity index (χ3v) is 3.13. The van der Waals surface area contributed by atoms with Gasteiger partial charge in [-0.3, -0.25) is 0 Å². The van der Waals surface area contributed by atoms with Gasteiger partial charge < -0.3 is 4.74 Å². The lowest BCUT2D eigenvalue weighted by Gasteiger charge is -2.07. The highest BCUT2D eigenvalue weighted by Crippen LogP contribution is 2.28. The molecule has 0 N–H and O–H groups in total. The van der Waals surface area contributed by atoms with Crippen LogP contribution in [0, 0.1) is 0 Å². The third-order valence-electron chi connectivity index (χ3n) is 2.68. The number of ether oxygens (including phenoxy) is 1. The van der Waals surface area contributed by atoms with E-state index in [-0.39, 0.29) is 0 Å². The van der Waals surface area contributed by atoms with Crippen molar-refractivity contribution in [1.82, 2.24) is 0 Å². The highest BCUT2D eigenvalue weighted by atomic mass is 79.9. The molecule has 0 heterocycles. The first kappa shape index (κ1) is 11.7. The Hall–Kier alpha value is -0.760. The van der Waals surface area contributed by atoms with Crippen LogP contribution in [0.1, 0.15) is 31.7 Å². The fraction of sp³-hybridized carbons (Fsp3) is 0.429. The van der Waals surface area contributed by atoms with Gasteiger partial charge in [-0.2, -0.15) is 0 Å². The number of hydrogen-bond donors (Lipinski definition) is 0. The minimum Gasteiger partial charge on any atom is -0.490 e. The molecule has 86 valence electrons. The lowest BCUT2D eigenvalue weighted by Crippen LogP contribution is -1.95. The van der Waals surface area contributed by atoms with E-state index in [0.717, 1.165) is 17.5 Å². The molecule has 1 saturated carbocycles. The van der Waals surface area contributed by atoms with Crippen molar-refractivity contribution in [1.29, 1.82) is 0 Å². The quantitative estimate of drug-likeness (QED) is 0.726. The van der Waals surface area contributed by atoms with E-state index in [4.69, 9.17) is 4.74 Å². The van der Waals surface area contributed by atoms with Crippen molar-refractivity contribution in [3.8, 4) is 5.75 Å². The van der Waals surface area contributed by atoms with Crippen molar-refractivity contribution in [3.05, 3.63) is 35.9 Å². The number of halogens is 1. The summed E-state index contributed by atoms with van der Waals surface area (Å²) in [5.41, 5.74) is 2.58. The molecule has 0 aromatic heterocycles. The maximum Gasteiger partial charge on any atom is 0.120 e. The van der Waals surface area contributed by atoms with Gasteiger partial charge in [0.1, 0.15) is 5.75 Å². The van der Waals surface area contributed by atoms with Crippen LogP contribution in [0.25, 0.3) is 5.57 Å². The van der Waals surface area contributed by atoms with Crippen LogP contribution in [0.5, 0.6) is 5.75 Å². The van der Waals surface area contributed by atoms with E-state index in [9.17, 15) is 0 Å². The second-order valence-electron chi connectivity index (χ2n) is 4.21. The Balaban J connectivity index is 2.07. The molecule has 1 aromatic rings. The topological polar surface area (TPSA) is 9.23 Å². The molecule has 0 radical (unpaired) electrons. The molecule has 2 heteroatoms. The molecule has 16 heavy (non-hydrogen) atoms. The third kappa shape index (κ3) is 3.38. The van der Waals surface area contributed by atoms with E-state index in [2.05, 4.69) is 47.1 Å².